The van der Waals surface area contributed by atoms with Crippen molar-refractivity contribution in [3.63, 3.8) is 0 Å². The first kappa shape index (κ1) is 13.4. The number of methoxy groups -OCH3 is 1. The van der Waals surface area contributed by atoms with Crippen molar-refractivity contribution in [2.75, 3.05) is 20.7 Å². The molecule has 112 valence electrons. The number of aliphatic hydroxyl groups excluding tert-OH is 1. The number of ether oxygens (including phenoxy) is 1. The van der Waals surface area contributed by atoms with E-state index in [-0.39, 0.29) is 11.5 Å². The first-order valence-electron chi connectivity index (χ1n) is 7.88. The third-order valence-corrected chi connectivity index (χ3v) is 5.93. The van der Waals surface area contributed by atoms with Gasteiger partial charge in [0.25, 0.3) is 0 Å². The van der Waals surface area contributed by atoms with Crippen LogP contribution in [0.25, 0.3) is 0 Å². The molecule has 0 aromatic heterocycles. The molecule has 1 aromatic rings. The molecule has 21 heavy (non-hydrogen) atoms. The molecular formula is C18H23NO2. The standard InChI is InChI=1S/C18H23NO2/c1-19-8-7-18-11-13(20)4-6-15(18)17(19)9-12-3-5-14(21-2)10-16(12)18/h3-6,10,13,15,17,20H,7-9,11H2,1-2H3/t13?,15-,17+,18-/m0/s1. The molecule has 4 rings (SSSR count). The highest BCUT2D eigenvalue weighted by atomic mass is 16.5. The van der Waals surface area contributed by atoms with Gasteiger partial charge < -0.3 is 14.7 Å². The maximum atomic E-state index is 10.2. The minimum Gasteiger partial charge on any atom is -0.497 e. The summed E-state index contributed by atoms with van der Waals surface area (Å²) in [5.41, 5.74) is 2.94. The highest BCUT2D eigenvalue weighted by Gasteiger charge is 2.53. The zero-order valence-electron chi connectivity index (χ0n) is 12.7. The lowest BCUT2D eigenvalue weighted by Crippen LogP contribution is -2.60. The quantitative estimate of drug-likeness (QED) is 0.802. The molecule has 0 spiro atoms. The molecule has 3 nitrogen and oxygen atoms in total. The van der Waals surface area contributed by atoms with E-state index in [9.17, 15) is 5.11 Å². The summed E-state index contributed by atoms with van der Waals surface area (Å²) < 4.78 is 5.45. The third-order valence-electron chi connectivity index (χ3n) is 5.93. The molecule has 0 radical (unpaired) electrons. The molecule has 0 amide bonds. The Morgan fingerprint density at radius 2 is 2.19 bits per heavy atom. The van der Waals surface area contributed by atoms with Gasteiger partial charge in [-0.2, -0.15) is 0 Å². The Kier molecular flexibility index (Phi) is 2.92. The van der Waals surface area contributed by atoms with Gasteiger partial charge in [0.2, 0.25) is 0 Å². The number of likely N-dealkylation sites (N-methyl/N-ethyl adjacent to an activating group) is 1. The van der Waals surface area contributed by atoms with Gasteiger partial charge in [-0.05, 0) is 56.1 Å². The SMILES string of the molecule is COc1ccc2c(c1)[C@]13CCN(C)[C@H](C2)[C@@H]1C=CC(O)C3. The molecule has 1 aromatic carbocycles. The van der Waals surface area contributed by atoms with Crippen LogP contribution >= 0.6 is 0 Å². The number of likely N-dealkylation sites (tertiary alicyclic amines) is 1. The molecule has 1 N–H and O–H groups in total. The number of hydrogen-bond donors (Lipinski definition) is 1. The number of hydrogen-bond acceptors (Lipinski definition) is 3. The van der Waals surface area contributed by atoms with E-state index in [2.05, 4.69) is 36.2 Å². The average molecular weight is 285 g/mol. The molecule has 1 saturated heterocycles. The first-order valence-corrected chi connectivity index (χ1v) is 7.88. The van der Waals surface area contributed by atoms with Gasteiger partial charge in [-0.3, -0.25) is 0 Å². The summed E-state index contributed by atoms with van der Waals surface area (Å²) in [5.74, 6) is 1.45. The largest absolute Gasteiger partial charge is 0.497 e. The van der Waals surface area contributed by atoms with Crippen LogP contribution in [0.1, 0.15) is 24.0 Å². The van der Waals surface area contributed by atoms with Crippen molar-refractivity contribution in [3.05, 3.63) is 41.5 Å². The lowest BCUT2D eigenvalue weighted by molar-refractivity contribution is 0.0208. The molecule has 1 fully saturated rings. The lowest BCUT2D eigenvalue weighted by Gasteiger charge is -2.57. The minimum atomic E-state index is -0.317. The molecule has 1 unspecified atom stereocenters. The molecule has 3 aliphatic rings. The van der Waals surface area contributed by atoms with Crippen LogP contribution in [-0.4, -0.2) is 42.9 Å². The Morgan fingerprint density at radius 3 is 3.00 bits per heavy atom. The van der Waals surface area contributed by atoms with Crippen LogP contribution in [0.4, 0.5) is 0 Å². The summed E-state index contributed by atoms with van der Waals surface area (Å²) in [4.78, 5) is 2.50. The van der Waals surface area contributed by atoms with Crippen molar-refractivity contribution in [3.8, 4) is 5.75 Å². The molecule has 3 heteroatoms. The van der Waals surface area contributed by atoms with Crippen LogP contribution < -0.4 is 4.74 Å². The van der Waals surface area contributed by atoms with Crippen LogP contribution in [0.15, 0.2) is 30.4 Å². The van der Waals surface area contributed by atoms with Gasteiger partial charge in [0.15, 0.2) is 0 Å². The van der Waals surface area contributed by atoms with Crippen molar-refractivity contribution in [2.24, 2.45) is 5.92 Å². The summed E-state index contributed by atoms with van der Waals surface area (Å²) in [6.07, 6.45) is 7.02. The Labute approximate surface area is 126 Å². The average Bonchev–Trinajstić information content (AvgIpc) is 2.50. The number of benzene rings is 1. The highest BCUT2D eigenvalue weighted by molar-refractivity contribution is 5.47. The fraction of sp³-hybridized carbons (Fsp3) is 0.556. The monoisotopic (exact) mass is 285 g/mol. The summed E-state index contributed by atoms with van der Waals surface area (Å²) >= 11 is 0. The number of nitrogens with zero attached hydrogens (tertiary/aromatic N) is 1. The van der Waals surface area contributed by atoms with Crippen molar-refractivity contribution in [1.29, 1.82) is 0 Å². The molecule has 1 aliphatic heterocycles. The van der Waals surface area contributed by atoms with E-state index in [1.807, 2.05) is 6.08 Å². The van der Waals surface area contributed by atoms with Gasteiger partial charge in [0.1, 0.15) is 5.75 Å². The van der Waals surface area contributed by atoms with Crippen molar-refractivity contribution >= 4 is 0 Å². The van der Waals surface area contributed by atoms with Gasteiger partial charge in [0, 0.05) is 17.4 Å². The van der Waals surface area contributed by atoms with E-state index in [1.165, 1.54) is 11.1 Å². The summed E-state index contributed by atoms with van der Waals surface area (Å²) in [7, 11) is 3.97. The van der Waals surface area contributed by atoms with Gasteiger partial charge >= 0.3 is 0 Å². The van der Waals surface area contributed by atoms with E-state index in [4.69, 9.17) is 4.74 Å². The number of aliphatic hydroxyl groups is 1. The van der Waals surface area contributed by atoms with Crippen molar-refractivity contribution in [2.45, 2.75) is 36.8 Å². The van der Waals surface area contributed by atoms with Gasteiger partial charge in [-0.1, -0.05) is 18.2 Å². The van der Waals surface area contributed by atoms with Crippen molar-refractivity contribution < 1.29 is 9.84 Å². The topological polar surface area (TPSA) is 32.7 Å². The Hall–Kier alpha value is -1.32. The van der Waals surface area contributed by atoms with Crippen LogP contribution in [0.3, 0.4) is 0 Å². The molecule has 2 bridgehead atoms. The number of rotatable bonds is 1. The zero-order chi connectivity index (χ0) is 14.6. The van der Waals surface area contributed by atoms with Gasteiger partial charge in [-0.15, -0.1) is 0 Å². The number of fused-ring (bicyclic) bond motifs is 1. The molecule has 0 saturated carbocycles. The van der Waals surface area contributed by atoms with Gasteiger partial charge in [0.05, 0.1) is 13.2 Å². The van der Waals surface area contributed by atoms with E-state index < -0.39 is 0 Å². The summed E-state index contributed by atoms with van der Waals surface area (Å²) in [5, 5.41) is 10.2. The summed E-state index contributed by atoms with van der Waals surface area (Å²) in [6.45, 7) is 1.11. The predicted octanol–water partition coefficient (Wildman–Crippen LogP) is 2.13. The van der Waals surface area contributed by atoms with Crippen molar-refractivity contribution in [1.82, 2.24) is 4.90 Å². The van der Waals surface area contributed by atoms with Crippen LogP contribution in [-0.2, 0) is 11.8 Å². The van der Waals surface area contributed by atoms with Crippen LogP contribution in [0, 0.1) is 5.92 Å². The molecule has 1 heterocycles. The molecule has 4 atom stereocenters. The van der Waals surface area contributed by atoms with Crippen LogP contribution in [0.2, 0.25) is 0 Å². The smallest absolute Gasteiger partial charge is 0.119 e. The van der Waals surface area contributed by atoms with Crippen LogP contribution in [0.5, 0.6) is 5.75 Å². The Bertz CT molecular complexity index is 597. The maximum Gasteiger partial charge on any atom is 0.119 e. The second-order valence-corrected chi connectivity index (χ2v) is 6.86. The normalized spacial score (nSPS) is 37.8. The fourth-order valence-electron chi connectivity index (χ4n) is 4.85. The van der Waals surface area contributed by atoms with E-state index in [0.717, 1.165) is 31.6 Å². The molecular weight excluding hydrogens is 262 g/mol. The minimum absolute atomic E-state index is 0.0907. The van der Waals surface area contributed by atoms with E-state index >= 15 is 0 Å². The van der Waals surface area contributed by atoms with E-state index in [0.29, 0.717) is 12.0 Å². The highest BCUT2D eigenvalue weighted by Crippen LogP contribution is 2.54. The zero-order valence-corrected chi connectivity index (χ0v) is 12.7. The maximum absolute atomic E-state index is 10.2. The van der Waals surface area contributed by atoms with Gasteiger partial charge in [-0.25, -0.2) is 0 Å². The Balaban J connectivity index is 1.91. The lowest BCUT2D eigenvalue weighted by atomic mass is 9.54. The Morgan fingerprint density at radius 1 is 1.33 bits per heavy atom. The summed E-state index contributed by atoms with van der Waals surface area (Å²) in [6, 6.07) is 7.07. The number of piperidine rings is 1. The second-order valence-electron chi connectivity index (χ2n) is 6.86. The fourth-order valence-corrected chi connectivity index (χ4v) is 4.85. The predicted molar refractivity (Wildman–Crippen MR) is 82.7 cm³/mol. The molecule has 2 aliphatic carbocycles. The second kappa shape index (κ2) is 4.59. The van der Waals surface area contributed by atoms with E-state index in [1.54, 1.807) is 7.11 Å². The first-order chi connectivity index (χ1) is 10.1. The third kappa shape index (κ3) is 1.80.